The molecule has 0 N–H and O–H groups in total. The van der Waals surface area contributed by atoms with E-state index in [9.17, 15) is 0 Å². The van der Waals surface area contributed by atoms with Gasteiger partial charge in [-0.05, 0) is 0 Å². The first-order chi connectivity index (χ1) is 3.91. The Kier molecular flexibility index (Phi) is 29.0. The number of unbranched alkanes of at least 4 members (excludes halogenated alkanes) is 5. The first-order valence-electron chi connectivity index (χ1n) is 3.69. The number of rotatable bonds is 5. The van der Waals surface area contributed by atoms with Crippen LogP contribution in [0.5, 0.6) is 0 Å². The average molecular weight is 217 g/mol. The summed E-state index contributed by atoms with van der Waals surface area (Å²) in [6.45, 7) is 4.38. The van der Waals surface area contributed by atoms with Crippen LogP contribution in [0, 0.1) is 6.42 Å². The van der Waals surface area contributed by atoms with Crippen LogP contribution in [0.4, 0.5) is 0 Å². The molecule has 0 unspecified atom stereocenters. The molecule has 0 saturated carbocycles. The Morgan fingerprint density at radius 3 is 2.10 bits per heavy atom. The molecule has 0 radical (unpaired) electrons. The normalized spacial score (nSPS) is 7.80. The summed E-state index contributed by atoms with van der Waals surface area (Å²) in [7, 11) is 0. The monoisotopic (exact) mass is 216 g/mol. The Labute approximate surface area is 92.1 Å². The second-order valence-corrected chi connectivity index (χ2v) is 2.26. The first-order valence-corrected chi connectivity index (χ1v) is 3.69. The van der Waals surface area contributed by atoms with Gasteiger partial charge in [-0.15, -0.1) is 0 Å². The van der Waals surface area contributed by atoms with Crippen molar-refractivity contribution in [3.63, 3.8) is 0 Å². The number of hydrogen-bond acceptors (Lipinski definition) is 0. The number of hydrogen-bond donors (Lipinski definition) is 0. The van der Waals surface area contributed by atoms with Gasteiger partial charge in [0, 0.05) is 0 Å². The summed E-state index contributed by atoms with van der Waals surface area (Å²) in [5.41, 5.74) is 0. The summed E-state index contributed by atoms with van der Waals surface area (Å²) in [5.74, 6) is 0. The van der Waals surface area contributed by atoms with E-state index in [4.69, 9.17) is 0 Å². The number of halogens is 1. The molecule has 58 valence electrons. The van der Waals surface area contributed by atoms with Gasteiger partial charge in [-0.1, -0.05) is 32.6 Å². The van der Waals surface area contributed by atoms with E-state index in [-0.39, 0.29) is 40.0 Å². The van der Waals surface area contributed by atoms with E-state index in [0.717, 1.165) is 0 Å². The summed E-state index contributed by atoms with van der Waals surface area (Å²) >= 11 is 0. The van der Waals surface area contributed by atoms with Gasteiger partial charge in [0.15, 0.2) is 0 Å². The fraction of sp³-hybridized carbons (Fsp3) is 0.875. The van der Waals surface area contributed by atoms with Gasteiger partial charge >= 0.3 is 23.1 Å². The maximum Gasteiger partial charge on any atom is 2.00 e. The van der Waals surface area contributed by atoms with Crippen LogP contribution in [-0.2, 0) is 0 Å². The molecule has 0 aromatic rings. The van der Waals surface area contributed by atoms with Crippen molar-refractivity contribution in [1.29, 1.82) is 0 Å². The van der Waals surface area contributed by atoms with Crippen molar-refractivity contribution in [2.75, 3.05) is 0 Å². The molecule has 0 heterocycles. The van der Waals surface area contributed by atoms with Crippen LogP contribution in [0.25, 0.3) is 0 Å². The topological polar surface area (TPSA) is 0 Å². The molecule has 0 aliphatic heterocycles. The van der Waals surface area contributed by atoms with Crippen LogP contribution in [0.3, 0.4) is 0 Å². The SMILES string of the molecule is C[CH-]CCCCCC.[Br-].[Mg+2]. The molecular weight excluding hydrogens is 200 g/mol. The largest absolute Gasteiger partial charge is 2.00 e. The van der Waals surface area contributed by atoms with Crippen LogP contribution in [0.2, 0.25) is 0 Å². The Morgan fingerprint density at radius 2 is 1.70 bits per heavy atom. The van der Waals surface area contributed by atoms with Crippen LogP contribution < -0.4 is 17.0 Å². The van der Waals surface area contributed by atoms with E-state index in [0.29, 0.717) is 0 Å². The molecule has 0 bridgehead atoms. The van der Waals surface area contributed by atoms with E-state index in [1.54, 1.807) is 0 Å². The third kappa shape index (κ3) is 16.1. The second-order valence-electron chi connectivity index (χ2n) is 2.26. The third-order valence-electron chi connectivity index (χ3n) is 1.35. The zero-order valence-corrected chi connectivity index (χ0v) is 10.2. The van der Waals surface area contributed by atoms with Crippen molar-refractivity contribution in [2.45, 2.75) is 46.0 Å². The van der Waals surface area contributed by atoms with Gasteiger partial charge in [0.25, 0.3) is 0 Å². The van der Waals surface area contributed by atoms with Crippen LogP contribution in [0.1, 0.15) is 46.0 Å². The fourth-order valence-electron chi connectivity index (χ4n) is 0.775. The Hall–Kier alpha value is 1.25. The zero-order chi connectivity index (χ0) is 6.24. The van der Waals surface area contributed by atoms with E-state index in [1.165, 1.54) is 32.1 Å². The second kappa shape index (κ2) is 16.7. The molecule has 10 heavy (non-hydrogen) atoms. The van der Waals surface area contributed by atoms with Gasteiger partial charge in [0.05, 0.1) is 0 Å². The van der Waals surface area contributed by atoms with Crippen LogP contribution in [-0.4, -0.2) is 23.1 Å². The quantitative estimate of drug-likeness (QED) is 0.340. The predicted molar refractivity (Wildman–Crippen MR) is 44.5 cm³/mol. The smallest absolute Gasteiger partial charge is 1.00 e. The Bertz CT molecular complexity index is 34.2. The molecule has 0 aromatic carbocycles. The van der Waals surface area contributed by atoms with Crippen LogP contribution in [0.15, 0.2) is 0 Å². The summed E-state index contributed by atoms with van der Waals surface area (Å²) in [6, 6.07) is 0. The van der Waals surface area contributed by atoms with Gasteiger partial charge < -0.3 is 23.4 Å². The minimum atomic E-state index is 0. The average Bonchev–Trinajstić information content (AvgIpc) is 1.81. The molecular formula is C8H17BrMg. The Morgan fingerprint density at radius 1 is 1.10 bits per heavy atom. The summed E-state index contributed by atoms with van der Waals surface area (Å²) in [4.78, 5) is 0. The van der Waals surface area contributed by atoms with Gasteiger partial charge in [0.1, 0.15) is 0 Å². The van der Waals surface area contributed by atoms with Crippen molar-refractivity contribution in [3.05, 3.63) is 6.42 Å². The standard InChI is InChI=1S/C8H17.BrH.Mg/c1-3-5-7-8-6-4-2;;/h3H,4-8H2,1-2H3;1H;/q-1;;+2/p-1. The molecule has 0 spiro atoms. The molecule has 0 fully saturated rings. The molecule has 2 heteroatoms. The maximum atomic E-state index is 2.25. The Balaban J connectivity index is -0.000000245. The molecule has 0 atom stereocenters. The minimum Gasteiger partial charge on any atom is -1.00 e. The molecule has 0 saturated heterocycles. The van der Waals surface area contributed by atoms with Crippen molar-refractivity contribution in [2.24, 2.45) is 0 Å². The van der Waals surface area contributed by atoms with Crippen molar-refractivity contribution in [1.82, 2.24) is 0 Å². The van der Waals surface area contributed by atoms with E-state index in [1.807, 2.05) is 0 Å². The predicted octanol–water partition coefficient (Wildman–Crippen LogP) is -0.196. The summed E-state index contributed by atoms with van der Waals surface area (Å²) in [6.07, 6.45) is 9.12. The molecule has 0 aliphatic carbocycles. The summed E-state index contributed by atoms with van der Waals surface area (Å²) in [5, 5.41) is 0. The van der Waals surface area contributed by atoms with E-state index < -0.39 is 0 Å². The van der Waals surface area contributed by atoms with E-state index in [2.05, 4.69) is 20.3 Å². The molecule has 0 nitrogen and oxygen atoms in total. The van der Waals surface area contributed by atoms with Gasteiger partial charge in [-0.3, -0.25) is 0 Å². The third-order valence-corrected chi connectivity index (χ3v) is 1.35. The van der Waals surface area contributed by atoms with Crippen molar-refractivity contribution < 1.29 is 17.0 Å². The van der Waals surface area contributed by atoms with Crippen LogP contribution >= 0.6 is 0 Å². The van der Waals surface area contributed by atoms with Gasteiger partial charge in [-0.25, -0.2) is 0 Å². The van der Waals surface area contributed by atoms with Crippen molar-refractivity contribution >= 4 is 23.1 Å². The summed E-state index contributed by atoms with van der Waals surface area (Å²) < 4.78 is 0. The minimum absolute atomic E-state index is 0. The zero-order valence-electron chi connectivity index (χ0n) is 7.20. The molecule has 0 aromatic heterocycles. The first kappa shape index (κ1) is 17.4. The maximum absolute atomic E-state index is 2.25. The molecule has 0 aliphatic rings. The fourth-order valence-corrected chi connectivity index (χ4v) is 0.775. The van der Waals surface area contributed by atoms with Gasteiger partial charge in [-0.2, -0.15) is 13.3 Å². The van der Waals surface area contributed by atoms with Crippen molar-refractivity contribution in [3.8, 4) is 0 Å². The molecule has 0 rings (SSSR count). The molecule has 0 amide bonds. The van der Waals surface area contributed by atoms with E-state index >= 15 is 0 Å². The van der Waals surface area contributed by atoms with Gasteiger partial charge in [0.2, 0.25) is 0 Å².